The Morgan fingerprint density at radius 2 is 2.10 bits per heavy atom. The first kappa shape index (κ1) is 15.0. The molecular formula is C12H15BrN4O2S. The number of aryl methyl sites for hydroxylation is 2. The molecule has 0 bridgehead atoms. The van der Waals surface area contributed by atoms with Crippen molar-refractivity contribution in [1.29, 1.82) is 0 Å². The summed E-state index contributed by atoms with van der Waals surface area (Å²) < 4.78 is 28.1. The number of anilines is 1. The molecule has 0 aliphatic carbocycles. The normalized spacial score (nSPS) is 11.6. The molecule has 0 unspecified atom stereocenters. The number of benzene rings is 1. The molecule has 0 spiro atoms. The van der Waals surface area contributed by atoms with Crippen molar-refractivity contribution >= 4 is 31.6 Å². The van der Waals surface area contributed by atoms with Crippen LogP contribution in [0.1, 0.15) is 16.8 Å². The van der Waals surface area contributed by atoms with Crippen LogP contribution in [0.25, 0.3) is 0 Å². The molecule has 6 nitrogen and oxygen atoms in total. The molecular weight excluding hydrogens is 344 g/mol. The van der Waals surface area contributed by atoms with Gasteiger partial charge in [0.1, 0.15) is 0 Å². The number of sulfonamides is 1. The molecule has 0 atom stereocenters. The second-order valence-electron chi connectivity index (χ2n) is 4.40. The minimum absolute atomic E-state index is 0.0584. The molecule has 0 saturated carbocycles. The van der Waals surface area contributed by atoms with E-state index >= 15 is 0 Å². The summed E-state index contributed by atoms with van der Waals surface area (Å²) >= 11 is 3.32. The fraction of sp³-hybridized carbons (Fsp3) is 0.250. The van der Waals surface area contributed by atoms with Crippen LogP contribution in [0, 0.1) is 13.8 Å². The van der Waals surface area contributed by atoms with Crippen LogP contribution in [0.3, 0.4) is 0 Å². The largest absolute Gasteiger partial charge is 0.326 e. The Balaban J connectivity index is 2.43. The highest BCUT2D eigenvalue weighted by molar-refractivity contribution is 9.10. The van der Waals surface area contributed by atoms with Crippen LogP contribution in [0.4, 0.5) is 5.69 Å². The van der Waals surface area contributed by atoms with Gasteiger partial charge in [0.05, 0.1) is 5.69 Å². The Morgan fingerprint density at radius 3 is 2.75 bits per heavy atom. The number of H-pyrrole nitrogens is 1. The van der Waals surface area contributed by atoms with Gasteiger partial charge in [-0.15, -0.1) is 0 Å². The lowest BCUT2D eigenvalue weighted by molar-refractivity contribution is 0.595. The van der Waals surface area contributed by atoms with E-state index in [9.17, 15) is 8.42 Å². The summed E-state index contributed by atoms with van der Waals surface area (Å²) in [6.45, 7) is 3.67. The maximum Gasteiger partial charge on any atom is 0.281 e. The second-order valence-corrected chi connectivity index (χ2v) is 6.91. The van der Waals surface area contributed by atoms with Crippen molar-refractivity contribution in [1.82, 2.24) is 10.2 Å². The van der Waals surface area contributed by atoms with E-state index in [1.807, 2.05) is 19.1 Å². The van der Waals surface area contributed by atoms with Gasteiger partial charge in [0, 0.05) is 22.3 Å². The summed E-state index contributed by atoms with van der Waals surface area (Å²) in [4.78, 5) is 0. The molecule has 1 aromatic heterocycles. The van der Waals surface area contributed by atoms with Crippen LogP contribution in [0.2, 0.25) is 0 Å². The van der Waals surface area contributed by atoms with E-state index in [1.54, 1.807) is 13.0 Å². The van der Waals surface area contributed by atoms with Crippen molar-refractivity contribution in [2.45, 2.75) is 25.4 Å². The van der Waals surface area contributed by atoms with E-state index in [-0.39, 0.29) is 11.6 Å². The lowest BCUT2D eigenvalue weighted by atomic mass is 10.2. The maximum absolute atomic E-state index is 12.4. The highest BCUT2D eigenvalue weighted by Gasteiger charge is 2.23. The van der Waals surface area contributed by atoms with E-state index in [0.717, 1.165) is 10.0 Å². The van der Waals surface area contributed by atoms with Gasteiger partial charge >= 0.3 is 0 Å². The predicted octanol–water partition coefficient (Wildman–Crippen LogP) is 2.05. The molecule has 0 amide bonds. The third kappa shape index (κ3) is 2.87. The Bertz CT molecular complexity index is 740. The Kier molecular flexibility index (Phi) is 4.17. The first-order chi connectivity index (χ1) is 9.35. The lowest BCUT2D eigenvalue weighted by Crippen LogP contribution is -2.17. The minimum atomic E-state index is -3.77. The molecule has 8 heteroatoms. The molecule has 0 saturated heterocycles. The number of rotatable bonds is 4. The second kappa shape index (κ2) is 5.55. The van der Waals surface area contributed by atoms with Crippen LogP contribution in [0.15, 0.2) is 27.7 Å². The number of aromatic nitrogens is 2. The van der Waals surface area contributed by atoms with Gasteiger partial charge in [-0.3, -0.25) is 9.82 Å². The van der Waals surface area contributed by atoms with Crippen LogP contribution >= 0.6 is 15.9 Å². The zero-order valence-electron chi connectivity index (χ0n) is 11.1. The van der Waals surface area contributed by atoms with Crippen molar-refractivity contribution in [3.05, 3.63) is 39.5 Å². The summed E-state index contributed by atoms with van der Waals surface area (Å²) in [5.74, 6) is 0. The monoisotopic (exact) mass is 358 g/mol. The van der Waals surface area contributed by atoms with E-state index in [2.05, 4.69) is 30.8 Å². The summed E-state index contributed by atoms with van der Waals surface area (Å²) in [5, 5.41) is 6.43. The third-order valence-electron chi connectivity index (χ3n) is 2.94. The van der Waals surface area contributed by atoms with E-state index in [1.165, 1.54) is 0 Å². The van der Waals surface area contributed by atoms with Gasteiger partial charge in [-0.25, -0.2) is 0 Å². The highest BCUT2D eigenvalue weighted by Crippen LogP contribution is 2.24. The summed E-state index contributed by atoms with van der Waals surface area (Å²) in [6, 6.07) is 5.37. The molecule has 108 valence electrons. The predicted molar refractivity (Wildman–Crippen MR) is 80.9 cm³/mol. The average Bonchev–Trinajstić information content (AvgIpc) is 2.75. The fourth-order valence-electron chi connectivity index (χ4n) is 1.79. The SMILES string of the molecule is Cc1ccc(Br)cc1NS(=O)(=O)c1n[nH]c(C)c1CN. The van der Waals surface area contributed by atoms with Gasteiger partial charge in [0.25, 0.3) is 10.0 Å². The first-order valence-electron chi connectivity index (χ1n) is 5.88. The molecule has 0 aliphatic heterocycles. The Morgan fingerprint density at radius 1 is 1.40 bits per heavy atom. The number of nitrogens with two attached hydrogens (primary N) is 1. The minimum Gasteiger partial charge on any atom is -0.326 e. The molecule has 2 rings (SSSR count). The molecule has 1 heterocycles. The van der Waals surface area contributed by atoms with Gasteiger partial charge in [-0.1, -0.05) is 22.0 Å². The molecule has 0 aliphatic rings. The number of nitrogens with one attached hydrogen (secondary N) is 2. The van der Waals surface area contributed by atoms with Crippen molar-refractivity contribution in [3.8, 4) is 0 Å². The van der Waals surface area contributed by atoms with Gasteiger partial charge in [0.15, 0.2) is 0 Å². The first-order valence-corrected chi connectivity index (χ1v) is 8.15. The molecule has 2 aromatic rings. The third-order valence-corrected chi connectivity index (χ3v) is 4.77. The average molecular weight is 359 g/mol. The lowest BCUT2D eigenvalue weighted by Gasteiger charge is -2.10. The van der Waals surface area contributed by atoms with Crippen molar-refractivity contribution < 1.29 is 8.42 Å². The van der Waals surface area contributed by atoms with Gasteiger partial charge in [0.2, 0.25) is 5.03 Å². The number of hydrogen-bond acceptors (Lipinski definition) is 4. The molecule has 1 aromatic carbocycles. The summed E-state index contributed by atoms with van der Waals surface area (Å²) in [6.07, 6.45) is 0. The zero-order chi connectivity index (χ0) is 14.9. The summed E-state index contributed by atoms with van der Waals surface area (Å²) in [5.41, 5.74) is 8.04. The van der Waals surface area contributed by atoms with Crippen molar-refractivity contribution in [2.75, 3.05) is 4.72 Å². The Hall–Kier alpha value is -1.38. The van der Waals surface area contributed by atoms with Gasteiger partial charge < -0.3 is 5.73 Å². The Labute approximate surface area is 125 Å². The quantitative estimate of drug-likeness (QED) is 0.778. The maximum atomic E-state index is 12.4. The molecule has 4 N–H and O–H groups in total. The van der Waals surface area contributed by atoms with Crippen molar-refractivity contribution in [3.63, 3.8) is 0 Å². The van der Waals surface area contributed by atoms with Crippen LogP contribution in [-0.4, -0.2) is 18.6 Å². The smallest absolute Gasteiger partial charge is 0.281 e. The number of halogens is 1. The molecule has 0 fully saturated rings. The number of nitrogens with zero attached hydrogens (tertiary/aromatic N) is 1. The van der Waals surface area contributed by atoms with Gasteiger partial charge in [-0.05, 0) is 31.5 Å². The fourth-order valence-corrected chi connectivity index (χ4v) is 3.48. The van der Waals surface area contributed by atoms with E-state index in [0.29, 0.717) is 16.9 Å². The van der Waals surface area contributed by atoms with Gasteiger partial charge in [-0.2, -0.15) is 13.5 Å². The molecule has 20 heavy (non-hydrogen) atoms. The van der Waals surface area contributed by atoms with Crippen LogP contribution in [-0.2, 0) is 16.6 Å². The van der Waals surface area contributed by atoms with E-state index in [4.69, 9.17) is 5.73 Å². The standard InChI is InChI=1S/C12H15BrN4O2S/c1-7-3-4-9(13)5-11(7)17-20(18,19)12-10(6-14)8(2)15-16-12/h3-5,17H,6,14H2,1-2H3,(H,15,16). The number of aromatic amines is 1. The number of hydrogen-bond donors (Lipinski definition) is 3. The highest BCUT2D eigenvalue weighted by atomic mass is 79.9. The summed E-state index contributed by atoms with van der Waals surface area (Å²) in [7, 11) is -3.77. The topological polar surface area (TPSA) is 101 Å². The zero-order valence-corrected chi connectivity index (χ0v) is 13.5. The molecule has 0 radical (unpaired) electrons. The van der Waals surface area contributed by atoms with E-state index < -0.39 is 10.0 Å². The van der Waals surface area contributed by atoms with Crippen LogP contribution < -0.4 is 10.5 Å². The van der Waals surface area contributed by atoms with Crippen molar-refractivity contribution in [2.24, 2.45) is 5.73 Å². The van der Waals surface area contributed by atoms with Crippen LogP contribution in [0.5, 0.6) is 0 Å².